The van der Waals surface area contributed by atoms with Gasteiger partial charge in [0.05, 0.1) is 11.7 Å². The van der Waals surface area contributed by atoms with Gasteiger partial charge >= 0.3 is 0 Å². The zero-order chi connectivity index (χ0) is 12.3. The third kappa shape index (κ3) is 2.52. The molecule has 2 heterocycles. The van der Waals surface area contributed by atoms with Crippen molar-refractivity contribution < 1.29 is 0 Å². The van der Waals surface area contributed by atoms with Crippen LogP contribution in [0.15, 0.2) is 41.3 Å². The summed E-state index contributed by atoms with van der Waals surface area (Å²) in [4.78, 5) is 8.48. The number of aryl methyl sites for hydroxylation is 1. The van der Waals surface area contributed by atoms with Crippen molar-refractivity contribution in [2.45, 2.75) is 13.0 Å². The van der Waals surface area contributed by atoms with E-state index < -0.39 is 0 Å². The van der Waals surface area contributed by atoms with Gasteiger partial charge in [0.2, 0.25) is 0 Å². The van der Waals surface area contributed by atoms with Crippen molar-refractivity contribution in [2.24, 2.45) is 5.84 Å². The van der Waals surface area contributed by atoms with Crippen LogP contribution in [0.2, 0.25) is 0 Å². The molecule has 2 aromatic rings. The molecular weight excluding hydrogens is 280 g/mol. The van der Waals surface area contributed by atoms with Gasteiger partial charge in [0.15, 0.2) is 0 Å². The number of aromatic nitrogens is 2. The number of nitrogens with zero attached hydrogens (tertiary/aromatic N) is 2. The van der Waals surface area contributed by atoms with Crippen LogP contribution in [0.1, 0.15) is 22.9 Å². The molecule has 0 spiro atoms. The van der Waals surface area contributed by atoms with Crippen molar-refractivity contribution in [3.8, 4) is 0 Å². The average Bonchev–Trinajstić information content (AvgIpc) is 2.34. The van der Waals surface area contributed by atoms with Crippen molar-refractivity contribution in [3.05, 3.63) is 58.1 Å². The normalized spacial score (nSPS) is 12.4. The summed E-state index contributed by atoms with van der Waals surface area (Å²) in [5.41, 5.74) is 5.78. The Morgan fingerprint density at radius 1 is 1.35 bits per heavy atom. The summed E-state index contributed by atoms with van der Waals surface area (Å²) in [6.07, 6.45) is 5.32. The standard InChI is InChI=1S/C12H13BrN4/c1-8-4-6-15-7-9(8)11(17-14)12-10(13)3-2-5-16-12/h2-7,11,17H,14H2,1H3. The SMILES string of the molecule is Cc1ccncc1C(NN)c1ncccc1Br. The van der Waals surface area contributed by atoms with Gasteiger partial charge in [0.25, 0.3) is 0 Å². The first-order valence-electron chi connectivity index (χ1n) is 5.21. The highest BCUT2D eigenvalue weighted by molar-refractivity contribution is 9.10. The highest BCUT2D eigenvalue weighted by Crippen LogP contribution is 2.27. The molecule has 0 bridgehead atoms. The molecular formula is C12H13BrN4. The van der Waals surface area contributed by atoms with Gasteiger partial charge in [-0.25, -0.2) is 5.43 Å². The summed E-state index contributed by atoms with van der Waals surface area (Å²) in [6.45, 7) is 2.03. The summed E-state index contributed by atoms with van der Waals surface area (Å²) in [6, 6.07) is 5.60. The van der Waals surface area contributed by atoms with Crippen LogP contribution in [0.5, 0.6) is 0 Å². The second-order valence-corrected chi connectivity index (χ2v) is 4.56. The van der Waals surface area contributed by atoms with Crippen LogP contribution < -0.4 is 11.3 Å². The van der Waals surface area contributed by atoms with Crippen LogP contribution in [-0.2, 0) is 0 Å². The molecule has 2 rings (SSSR count). The van der Waals surface area contributed by atoms with Gasteiger partial charge in [-0.15, -0.1) is 0 Å². The zero-order valence-corrected chi connectivity index (χ0v) is 11.0. The molecule has 0 aromatic carbocycles. The van der Waals surface area contributed by atoms with E-state index in [0.717, 1.165) is 21.3 Å². The quantitative estimate of drug-likeness (QED) is 0.672. The van der Waals surface area contributed by atoms with E-state index in [-0.39, 0.29) is 6.04 Å². The average molecular weight is 293 g/mol. The van der Waals surface area contributed by atoms with Crippen molar-refractivity contribution in [1.82, 2.24) is 15.4 Å². The predicted molar refractivity (Wildman–Crippen MR) is 70.1 cm³/mol. The molecule has 1 unspecified atom stereocenters. The molecule has 5 heteroatoms. The van der Waals surface area contributed by atoms with Crippen LogP contribution in [0, 0.1) is 6.92 Å². The highest BCUT2D eigenvalue weighted by atomic mass is 79.9. The van der Waals surface area contributed by atoms with Gasteiger partial charge in [-0.3, -0.25) is 15.8 Å². The molecule has 4 nitrogen and oxygen atoms in total. The summed E-state index contributed by atoms with van der Waals surface area (Å²) in [5.74, 6) is 5.64. The molecule has 3 N–H and O–H groups in total. The lowest BCUT2D eigenvalue weighted by molar-refractivity contribution is 0.613. The minimum Gasteiger partial charge on any atom is -0.271 e. The van der Waals surface area contributed by atoms with Crippen LogP contribution in [0.25, 0.3) is 0 Å². The third-order valence-corrected chi connectivity index (χ3v) is 3.29. The van der Waals surface area contributed by atoms with E-state index in [1.54, 1.807) is 18.6 Å². The molecule has 0 aliphatic carbocycles. The Morgan fingerprint density at radius 3 is 2.82 bits per heavy atom. The minimum atomic E-state index is -0.167. The lowest BCUT2D eigenvalue weighted by Gasteiger charge is -2.18. The second kappa shape index (κ2) is 5.35. The Balaban J connectivity index is 2.48. The van der Waals surface area contributed by atoms with Gasteiger partial charge in [0.1, 0.15) is 0 Å². The molecule has 0 radical (unpaired) electrons. The van der Waals surface area contributed by atoms with Crippen molar-refractivity contribution in [2.75, 3.05) is 0 Å². The van der Waals surface area contributed by atoms with E-state index in [0.29, 0.717) is 0 Å². The second-order valence-electron chi connectivity index (χ2n) is 3.70. The van der Waals surface area contributed by atoms with E-state index in [2.05, 4.69) is 31.3 Å². The van der Waals surface area contributed by atoms with Crippen molar-refractivity contribution in [3.63, 3.8) is 0 Å². The third-order valence-electron chi connectivity index (χ3n) is 2.62. The molecule has 0 amide bonds. The Bertz CT molecular complexity index is 470. The number of hydrogen-bond acceptors (Lipinski definition) is 4. The number of pyridine rings is 2. The number of rotatable bonds is 3. The van der Waals surface area contributed by atoms with Crippen LogP contribution >= 0.6 is 15.9 Å². The number of nitrogens with one attached hydrogen (secondary N) is 1. The monoisotopic (exact) mass is 292 g/mol. The first kappa shape index (κ1) is 12.2. The Morgan fingerprint density at radius 2 is 2.18 bits per heavy atom. The fourth-order valence-corrected chi connectivity index (χ4v) is 2.19. The number of halogens is 1. The van der Waals surface area contributed by atoms with E-state index in [1.165, 1.54) is 0 Å². The molecule has 0 aliphatic rings. The fourth-order valence-electron chi connectivity index (χ4n) is 1.70. The van der Waals surface area contributed by atoms with Gasteiger partial charge in [-0.05, 0) is 52.2 Å². The Kier molecular flexibility index (Phi) is 3.83. The zero-order valence-electron chi connectivity index (χ0n) is 9.39. The largest absolute Gasteiger partial charge is 0.271 e. The summed E-state index contributed by atoms with van der Waals surface area (Å²) in [5, 5.41) is 0. The molecule has 17 heavy (non-hydrogen) atoms. The molecule has 2 aromatic heterocycles. The molecule has 0 fully saturated rings. The molecule has 0 saturated heterocycles. The smallest absolute Gasteiger partial charge is 0.0910 e. The molecule has 0 saturated carbocycles. The first-order chi connectivity index (χ1) is 8.24. The summed E-state index contributed by atoms with van der Waals surface area (Å²) < 4.78 is 0.922. The van der Waals surface area contributed by atoms with E-state index in [4.69, 9.17) is 5.84 Å². The molecule has 1 atom stereocenters. The van der Waals surface area contributed by atoms with Crippen LogP contribution in [0.3, 0.4) is 0 Å². The maximum Gasteiger partial charge on any atom is 0.0910 e. The van der Waals surface area contributed by atoms with Crippen molar-refractivity contribution >= 4 is 15.9 Å². The van der Waals surface area contributed by atoms with Crippen LogP contribution in [0.4, 0.5) is 0 Å². The first-order valence-corrected chi connectivity index (χ1v) is 6.00. The van der Waals surface area contributed by atoms with E-state index in [9.17, 15) is 0 Å². The van der Waals surface area contributed by atoms with E-state index >= 15 is 0 Å². The van der Waals surface area contributed by atoms with Crippen molar-refractivity contribution in [1.29, 1.82) is 0 Å². The lowest BCUT2D eigenvalue weighted by Crippen LogP contribution is -2.30. The number of hydrazine groups is 1. The van der Waals surface area contributed by atoms with Crippen LogP contribution in [-0.4, -0.2) is 9.97 Å². The van der Waals surface area contributed by atoms with Gasteiger partial charge < -0.3 is 0 Å². The maximum absolute atomic E-state index is 5.64. The molecule has 88 valence electrons. The fraction of sp³-hybridized carbons (Fsp3) is 0.167. The predicted octanol–water partition coefficient (Wildman–Crippen LogP) is 2.10. The van der Waals surface area contributed by atoms with E-state index in [1.807, 2.05) is 25.1 Å². The van der Waals surface area contributed by atoms with Gasteiger partial charge in [-0.2, -0.15) is 0 Å². The Hall–Kier alpha value is -1.30. The summed E-state index contributed by atoms with van der Waals surface area (Å²) >= 11 is 3.48. The maximum atomic E-state index is 5.64. The molecule has 0 aliphatic heterocycles. The number of nitrogens with two attached hydrogens (primary N) is 1. The lowest BCUT2D eigenvalue weighted by atomic mass is 10.0. The number of hydrogen-bond donors (Lipinski definition) is 2. The Labute approximate surface area is 108 Å². The minimum absolute atomic E-state index is 0.167. The topological polar surface area (TPSA) is 63.8 Å². The summed E-state index contributed by atoms with van der Waals surface area (Å²) in [7, 11) is 0. The van der Waals surface area contributed by atoms with Gasteiger partial charge in [0, 0.05) is 23.1 Å². The highest BCUT2D eigenvalue weighted by Gasteiger charge is 2.18. The van der Waals surface area contributed by atoms with Gasteiger partial charge in [-0.1, -0.05) is 0 Å².